The Balaban J connectivity index is 1.89. The number of para-hydroxylation sites is 2. The smallest absolute Gasteiger partial charge is 0.108 e. The van der Waals surface area contributed by atoms with E-state index < -0.39 is 0 Å². The standard InChI is InChI=1S/C22H22N2/c1-17-11-9-10-14-20(17)24-18(2)23(19-12-5-3-6-13-19)21-15-7-4-8-16-22(21)24/h3,5-16,18H,4H2,1-2H3/t18-/m0/s1. The van der Waals surface area contributed by atoms with Gasteiger partial charge in [0.1, 0.15) is 6.17 Å². The molecular formula is C22H22N2. The zero-order valence-electron chi connectivity index (χ0n) is 14.2. The fourth-order valence-electron chi connectivity index (χ4n) is 3.64. The van der Waals surface area contributed by atoms with Crippen LogP contribution in [0.15, 0.2) is 90.3 Å². The molecule has 1 atom stereocenters. The Hall–Kier alpha value is -2.74. The first-order chi connectivity index (χ1) is 11.8. The third-order valence-electron chi connectivity index (χ3n) is 4.76. The highest BCUT2D eigenvalue weighted by atomic mass is 15.4. The molecule has 2 aromatic rings. The van der Waals surface area contributed by atoms with Crippen molar-refractivity contribution in [2.45, 2.75) is 26.4 Å². The van der Waals surface area contributed by atoms with Crippen LogP contribution in [0.3, 0.4) is 0 Å². The molecule has 0 saturated carbocycles. The lowest BCUT2D eigenvalue weighted by atomic mass is 10.1. The van der Waals surface area contributed by atoms with Crippen LogP contribution in [0, 0.1) is 6.92 Å². The largest absolute Gasteiger partial charge is 0.319 e. The van der Waals surface area contributed by atoms with Crippen molar-refractivity contribution in [2.75, 3.05) is 9.80 Å². The molecule has 0 saturated heterocycles. The predicted octanol–water partition coefficient (Wildman–Crippen LogP) is 5.40. The molecule has 2 aromatic carbocycles. The minimum Gasteiger partial charge on any atom is -0.319 e. The second-order valence-electron chi connectivity index (χ2n) is 6.30. The molecule has 2 aliphatic rings. The summed E-state index contributed by atoms with van der Waals surface area (Å²) in [6.07, 6.45) is 10.2. The molecule has 0 N–H and O–H groups in total. The molecule has 0 amide bonds. The maximum Gasteiger partial charge on any atom is 0.108 e. The van der Waals surface area contributed by atoms with Crippen molar-refractivity contribution in [1.29, 1.82) is 0 Å². The fourth-order valence-corrected chi connectivity index (χ4v) is 3.64. The molecular weight excluding hydrogens is 292 g/mol. The molecule has 4 rings (SSSR count). The number of benzene rings is 2. The second kappa shape index (κ2) is 6.04. The highest BCUT2D eigenvalue weighted by Gasteiger charge is 2.35. The number of anilines is 2. The van der Waals surface area contributed by atoms with E-state index in [2.05, 4.69) is 103 Å². The molecule has 1 heterocycles. The van der Waals surface area contributed by atoms with Gasteiger partial charge in [-0.2, -0.15) is 0 Å². The second-order valence-corrected chi connectivity index (χ2v) is 6.30. The quantitative estimate of drug-likeness (QED) is 0.732. The Kier molecular flexibility index (Phi) is 3.73. The highest BCUT2D eigenvalue weighted by molar-refractivity contribution is 5.72. The molecule has 24 heavy (non-hydrogen) atoms. The van der Waals surface area contributed by atoms with Gasteiger partial charge in [0.05, 0.1) is 11.4 Å². The minimum absolute atomic E-state index is 0.228. The van der Waals surface area contributed by atoms with Gasteiger partial charge < -0.3 is 9.80 Å². The van der Waals surface area contributed by atoms with Crippen molar-refractivity contribution in [3.63, 3.8) is 0 Å². The Labute approximate surface area is 144 Å². The average Bonchev–Trinajstić information content (AvgIpc) is 2.75. The van der Waals surface area contributed by atoms with Gasteiger partial charge in [-0.05, 0) is 56.2 Å². The SMILES string of the molecule is Cc1ccccc1N1C2=C(C=CCC=C2)N(c2ccccc2)[C@@H]1C. The molecule has 1 aliphatic carbocycles. The molecule has 0 spiro atoms. The van der Waals surface area contributed by atoms with Crippen molar-refractivity contribution < 1.29 is 0 Å². The van der Waals surface area contributed by atoms with Crippen molar-refractivity contribution in [1.82, 2.24) is 0 Å². The Bertz CT molecular complexity index is 830. The highest BCUT2D eigenvalue weighted by Crippen LogP contribution is 2.40. The summed E-state index contributed by atoms with van der Waals surface area (Å²) in [5.74, 6) is 0. The monoisotopic (exact) mass is 314 g/mol. The number of hydrogen-bond acceptors (Lipinski definition) is 2. The third kappa shape index (κ3) is 2.35. The van der Waals surface area contributed by atoms with E-state index >= 15 is 0 Å². The van der Waals surface area contributed by atoms with Crippen molar-refractivity contribution in [3.05, 3.63) is 95.9 Å². The number of allylic oxidation sites excluding steroid dienone is 4. The summed E-state index contributed by atoms with van der Waals surface area (Å²) in [6, 6.07) is 19.3. The summed E-state index contributed by atoms with van der Waals surface area (Å²) in [5, 5.41) is 0. The lowest BCUT2D eigenvalue weighted by molar-refractivity contribution is 0.734. The molecule has 0 aromatic heterocycles. The molecule has 1 aliphatic heterocycles. The first-order valence-electron chi connectivity index (χ1n) is 8.54. The molecule has 0 bridgehead atoms. The van der Waals surface area contributed by atoms with Crippen molar-refractivity contribution >= 4 is 11.4 Å². The van der Waals surface area contributed by atoms with E-state index in [4.69, 9.17) is 0 Å². The van der Waals surface area contributed by atoms with Crippen molar-refractivity contribution in [3.8, 4) is 0 Å². The van der Waals surface area contributed by atoms with Crippen molar-refractivity contribution in [2.24, 2.45) is 0 Å². The van der Waals surface area contributed by atoms with Gasteiger partial charge in [-0.1, -0.05) is 48.6 Å². The molecule has 0 radical (unpaired) electrons. The number of hydrogen-bond donors (Lipinski definition) is 0. The number of aryl methyl sites for hydroxylation is 1. The summed E-state index contributed by atoms with van der Waals surface area (Å²) < 4.78 is 0. The van der Waals surface area contributed by atoms with Gasteiger partial charge in [0.15, 0.2) is 0 Å². The fraction of sp³-hybridized carbons (Fsp3) is 0.182. The van der Waals surface area contributed by atoms with Crippen LogP contribution in [0.25, 0.3) is 0 Å². The van der Waals surface area contributed by atoms with E-state index in [0.717, 1.165) is 6.42 Å². The molecule has 120 valence electrons. The first-order valence-corrected chi connectivity index (χ1v) is 8.54. The van der Waals surface area contributed by atoms with Gasteiger partial charge in [-0.15, -0.1) is 0 Å². The van der Waals surface area contributed by atoms with Gasteiger partial charge >= 0.3 is 0 Å². The van der Waals surface area contributed by atoms with Gasteiger partial charge in [-0.25, -0.2) is 0 Å². The van der Waals surface area contributed by atoms with Gasteiger partial charge in [0.25, 0.3) is 0 Å². The molecule has 0 fully saturated rings. The maximum absolute atomic E-state index is 2.45. The zero-order chi connectivity index (χ0) is 16.5. The number of rotatable bonds is 2. The van der Waals surface area contributed by atoms with Crippen LogP contribution in [0.2, 0.25) is 0 Å². The summed E-state index contributed by atoms with van der Waals surface area (Å²) >= 11 is 0. The zero-order valence-corrected chi connectivity index (χ0v) is 14.2. The Morgan fingerprint density at radius 2 is 1.42 bits per heavy atom. The van der Waals surface area contributed by atoms with Crippen LogP contribution in [-0.4, -0.2) is 6.17 Å². The van der Waals surface area contributed by atoms with Gasteiger partial charge in [-0.3, -0.25) is 0 Å². The van der Waals surface area contributed by atoms with Crippen LogP contribution in [-0.2, 0) is 0 Å². The minimum atomic E-state index is 0.228. The molecule has 0 unspecified atom stereocenters. The van der Waals surface area contributed by atoms with Crippen LogP contribution in [0.4, 0.5) is 11.4 Å². The Morgan fingerprint density at radius 3 is 2.12 bits per heavy atom. The van der Waals surface area contributed by atoms with E-state index in [1.165, 1.54) is 28.3 Å². The predicted molar refractivity (Wildman–Crippen MR) is 102 cm³/mol. The average molecular weight is 314 g/mol. The van der Waals surface area contributed by atoms with E-state index in [-0.39, 0.29) is 6.17 Å². The van der Waals surface area contributed by atoms with Gasteiger partial charge in [0, 0.05) is 11.4 Å². The molecule has 2 nitrogen and oxygen atoms in total. The normalized spacial score (nSPS) is 19.7. The van der Waals surface area contributed by atoms with Crippen LogP contribution in [0.5, 0.6) is 0 Å². The maximum atomic E-state index is 2.45. The van der Waals surface area contributed by atoms with E-state index in [1.807, 2.05) is 0 Å². The lowest BCUT2D eigenvalue weighted by Crippen LogP contribution is -2.38. The summed E-state index contributed by atoms with van der Waals surface area (Å²) in [4.78, 5) is 4.87. The van der Waals surface area contributed by atoms with E-state index in [9.17, 15) is 0 Å². The summed E-state index contributed by atoms with van der Waals surface area (Å²) in [6.45, 7) is 4.46. The van der Waals surface area contributed by atoms with E-state index in [1.54, 1.807) is 0 Å². The van der Waals surface area contributed by atoms with Crippen LogP contribution < -0.4 is 9.80 Å². The Morgan fingerprint density at radius 1 is 0.792 bits per heavy atom. The summed E-state index contributed by atoms with van der Waals surface area (Å²) in [7, 11) is 0. The van der Waals surface area contributed by atoms with E-state index in [0.29, 0.717) is 0 Å². The summed E-state index contributed by atoms with van der Waals surface area (Å²) in [5.41, 5.74) is 6.34. The first kappa shape index (κ1) is 14.8. The van der Waals surface area contributed by atoms with Gasteiger partial charge in [0.2, 0.25) is 0 Å². The topological polar surface area (TPSA) is 6.48 Å². The lowest BCUT2D eigenvalue weighted by Gasteiger charge is -2.33. The number of nitrogens with zero attached hydrogens (tertiary/aromatic N) is 2. The van der Waals surface area contributed by atoms with Crippen LogP contribution >= 0.6 is 0 Å². The third-order valence-corrected chi connectivity index (χ3v) is 4.76. The molecule has 2 heteroatoms. The van der Waals surface area contributed by atoms with Crippen LogP contribution in [0.1, 0.15) is 18.9 Å².